The van der Waals surface area contributed by atoms with E-state index in [4.69, 9.17) is 11.6 Å². The molecule has 5 heteroatoms. The Labute approximate surface area is 139 Å². The van der Waals surface area contributed by atoms with Gasteiger partial charge < -0.3 is 10.3 Å². The molecule has 0 radical (unpaired) electrons. The van der Waals surface area contributed by atoms with E-state index in [1.807, 2.05) is 55.5 Å². The second kappa shape index (κ2) is 6.84. The van der Waals surface area contributed by atoms with E-state index in [-0.39, 0.29) is 11.9 Å². The lowest BCUT2D eigenvalue weighted by molar-refractivity contribution is -0.121. The van der Waals surface area contributed by atoms with Crippen LogP contribution in [0, 0.1) is 0 Å². The number of hydrogen-bond acceptors (Lipinski definition) is 2. The monoisotopic (exact) mass is 327 g/mol. The quantitative estimate of drug-likeness (QED) is 0.743. The molecule has 1 atom stereocenters. The fourth-order valence-corrected chi connectivity index (χ4v) is 2.59. The van der Waals surface area contributed by atoms with Gasteiger partial charge in [-0.1, -0.05) is 35.9 Å². The summed E-state index contributed by atoms with van der Waals surface area (Å²) in [6, 6.07) is 15.2. The molecule has 2 N–H and O–H groups in total. The standard InChI is InChI=1S/C18H18ClN3O/c1-12(18-21-15-4-2-3-5-16(15)22-18)20-17(23)11-8-13-6-9-14(19)10-7-13/h2-7,9-10,12H,8,11H2,1H3,(H,20,23)(H,21,22)/t12-/m1/s1. The summed E-state index contributed by atoms with van der Waals surface area (Å²) in [4.78, 5) is 19.9. The molecule has 4 nitrogen and oxygen atoms in total. The van der Waals surface area contributed by atoms with Crippen molar-refractivity contribution in [3.05, 3.63) is 64.9 Å². The zero-order chi connectivity index (χ0) is 16.2. The maximum absolute atomic E-state index is 12.1. The van der Waals surface area contributed by atoms with Crippen molar-refractivity contribution < 1.29 is 4.79 Å². The number of para-hydroxylation sites is 2. The van der Waals surface area contributed by atoms with Gasteiger partial charge >= 0.3 is 0 Å². The number of carbonyl (C=O) groups excluding carboxylic acids is 1. The Morgan fingerprint density at radius 1 is 1.22 bits per heavy atom. The van der Waals surface area contributed by atoms with Crippen molar-refractivity contribution in [2.24, 2.45) is 0 Å². The van der Waals surface area contributed by atoms with Gasteiger partial charge in [0.15, 0.2) is 0 Å². The molecule has 0 saturated carbocycles. The average molecular weight is 328 g/mol. The zero-order valence-corrected chi connectivity index (χ0v) is 13.6. The zero-order valence-electron chi connectivity index (χ0n) is 12.8. The molecule has 0 aliphatic carbocycles. The Morgan fingerprint density at radius 2 is 1.96 bits per heavy atom. The highest BCUT2D eigenvalue weighted by atomic mass is 35.5. The molecule has 1 aromatic heterocycles. The number of benzene rings is 2. The first-order chi connectivity index (χ1) is 11.1. The third-order valence-electron chi connectivity index (χ3n) is 3.75. The van der Waals surface area contributed by atoms with Gasteiger partial charge in [-0.15, -0.1) is 0 Å². The Morgan fingerprint density at radius 3 is 2.70 bits per heavy atom. The van der Waals surface area contributed by atoms with E-state index in [9.17, 15) is 4.79 Å². The van der Waals surface area contributed by atoms with Gasteiger partial charge in [0.1, 0.15) is 5.82 Å². The first kappa shape index (κ1) is 15.6. The van der Waals surface area contributed by atoms with E-state index in [1.165, 1.54) is 0 Å². The molecule has 2 aromatic carbocycles. The van der Waals surface area contributed by atoms with Crippen LogP contribution in [0.1, 0.15) is 30.8 Å². The van der Waals surface area contributed by atoms with Crippen molar-refractivity contribution in [2.75, 3.05) is 0 Å². The topological polar surface area (TPSA) is 57.8 Å². The SMILES string of the molecule is C[C@@H](NC(=O)CCc1ccc(Cl)cc1)c1nc2ccccc2[nH]1. The number of nitrogens with one attached hydrogen (secondary N) is 2. The number of fused-ring (bicyclic) bond motifs is 1. The van der Waals surface area contributed by atoms with Gasteiger partial charge in [0.25, 0.3) is 0 Å². The van der Waals surface area contributed by atoms with Crippen molar-refractivity contribution in [3.63, 3.8) is 0 Å². The van der Waals surface area contributed by atoms with Crippen LogP contribution in [0.5, 0.6) is 0 Å². The van der Waals surface area contributed by atoms with Crippen LogP contribution in [-0.2, 0) is 11.2 Å². The number of carbonyl (C=O) groups is 1. The lowest BCUT2D eigenvalue weighted by Gasteiger charge is -2.11. The van der Waals surface area contributed by atoms with Crippen LogP contribution in [0.25, 0.3) is 11.0 Å². The molecule has 23 heavy (non-hydrogen) atoms. The first-order valence-corrected chi connectivity index (χ1v) is 7.98. The van der Waals surface area contributed by atoms with Crippen LogP contribution >= 0.6 is 11.6 Å². The van der Waals surface area contributed by atoms with Gasteiger partial charge in [0, 0.05) is 11.4 Å². The Hall–Kier alpha value is -2.33. The summed E-state index contributed by atoms with van der Waals surface area (Å²) in [5.74, 6) is 0.777. The van der Waals surface area contributed by atoms with Gasteiger partial charge in [-0.25, -0.2) is 4.98 Å². The number of amides is 1. The predicted molar refractivity (Wildman–Crippen MR) is 92.4 cm³/mol. The van der Waals surface area contributed by atoms with Crippen LogP contribution < -0.4 is 5.32 Å². The molecule has 1 heterocycles. The third kappa shape index (κ3) is 3.90. The fourth-order valence-electron chi connectivity index (χ4n) is 2.47. The first-order valence-electron chi connectivity index (χ1n) is 7.60. The van der Waals surface area contributed by atoms with Crippen LogP contribution in [0.2, 0.25) is 5.02 Å². The highest BCUT2D eigenvalue weighted by Gasteiger charge is 2.13. The van der Waals surface area contributed by atoms with Gasteiger partial charge in [-0.2, -0.15) is 0 Å². The van der Waals surface area contributed by atoms with Crippen molar-refractivity contribution in [2.45, 2.75) is 25.8 Å². The minimum absolute atomic E-state index is 0.00732. The minimum atomic E-state index is -0.153. The van der Waals surface area contributed by atoms with Gasteiger partial charge in [-0.05, 0) is 43.2 Å². The Balaban J connectivity index is 1.57. The highest BCUT2D eigenvalue weighted by molar-refractivity contribution is 6.30. The van der Waals surface area contributed by atoms with E-state index in [0.29, 0.717) is 17.9 Å². The van der Waals surface area contributed by atoms with Gasteiger partial charge in [0.05, 0.1) is 17.1 Å². The van der Waals surface area contributed by atoms with Crippen LogP contribution in [0.4, 0.5) is 0 Å². The van der Waals surface area contributed by atoms with E-state index in [2.05, 4.69) is 15.3 Å². The third-order valence-corrected chi connectivity index (χ3v) is 4.00. The van der Waals surface area contributed by atoms with Crippen molar-refractivity contribution >= 4 is 28.5 Å². The lowest BCUT2D eigenvalue weighted by atomic mass is 10.1. The number of aromatic nitrogens is 2. The number of nitrogens with zero attached hydrogens (tertiary/aromatic N) is 1. The molecule has 0 bridgehead atoms. The van der Waals surface area contributed by atoms with Crippen LogP contribution in [0.15, 0.2) is 48.5 Å². The average Bonchev–Trinajstić information content (AvgIpc) is 2.98. The summed E-state index contributed by atoms with van der Waals surface area (Å²) in [6.45, 7) is 1.93. The molecular formula is C18H18ClN3O. The molecule has 0 saturated heterocycles. The smallest absolute Gasteiger partial charge is 0.220 e. The van der Waals surface area contributed by atoms with Crippen LogP contribution in [-0.4, -0.2) is 15.9 Å². The minimum Gasteiger partial charge on any atom is -0.346 e. The molecule has 0 spiro atoms. The van der Waals surface area contributed by atoms with Crippen LogP contribution in [0.3, 0.4) is 0 Å². The molecule has 0 fully saturated rings. The molecular weight excluding hydrogens is 310 g/mol. The highest BCUT2D eigenvalue weighted by Crippen LogP contribution is 2.16. The van der Waals surface area contributed by atoms with E-state index >= 15 is 0 Å². The lowest BCUT2D eigenvalue weighted by Crippen LogP contribution is -2.27. The summed E-state index contributed by atoms with van der Waals surface area (Å²) in [6.07, 6.45) is 1.13. The summed E-state index contributed by atoms with van der Waals surface area (Å²) in [5.41, 5.74) is 2.98. The molecule has 0 aliphatic heterocycles. The van der Waals surface area contributed by atoms with Crippen molar-refractivity contribution in [1.29, 1.82) is 0 Å². The normalized spacial score (nSPS) is 12.3. The number of H-pyrrole nitrogens is 1. The fraction of sp³-hybridized carbons (Fsp3) is 0.222. The molecule has 3 aromatic rings. The maximum Gasteiger partial charge on any atom is 0.220 e. The summed E-state index contributed by atoms with van der Waals surface area (Å²) < 4.78 is 0. The number of rotatable bonds is 5. The Bertz CT molecular complexity index is 778. The summed E-state index contributed by atoms with van der Waals surface area (Å²) >= 11 is 5.85. The van der Waals surface area contributed by atoms with Gasteiger partial charge in [-0.3, -0.25) is 4.79 Å². The Kier molecular flexibility index (Phi) is 4.63. The number of imidazole rings is 1. The summed E-state index contributed by atoms with van der Waals surface area (Å²) in [5, 5.41) is 3.69. The number of aromatic amines is 1. The number of hydrogen-bond donors (Lipinski definition) is 2. The largest absolute Gasteiger partial charge is 0.346 e. The van der Waals surface area contributed by atoms with Crippen molar-refractivity contribution in [1.82, 2.24) is 15.3 Å². The maximum atomic E-state index is 12.1. The van der Waals surface area contributed by atoms with E-state index < -0.39 is 0 Å². The molecule has 0 aliphatic rings. The van der Waals surface area contributed by atoms with E-state index in [0.717, 1.165) is 22.4 Å². The second-order valence-corrected chi connectivity index (χ2v) is 5.99. The molecule has 0 unspecified atom stereocenters. The van der Waals surface area contributed by atoms with E-state index in [1.54, 1.807) is 0 Å². The molecule has 3 rings (SSSR count). The number of halogens is 1. The number of aryl methyl sites for hydroxylation is 1. The molecule has 1 amide bonds. The van der Waals surface area contributed by atoms with Crippen molar-refractivity contribution in [3.8, 4) is 0 Å². The molecule has 118 valence electrons. The predicted octanol–water partition coefficient (Wildman–Crippen LogP) is 4.03. The van der Waals surface area contributed by atoms with Gasteiger partial charge in [0.2, 0.25) is 5.91 Å². The summed E-state index contributed by atoms with van der Waals surface area (Å²) in [7, 11) is 0. The second-order valence-electron chi connectivity index (χ2n) is 5.55.